The fraction of sp³-hybridized carbons (Fsp3) is 0.667. The van der Waals surface area contributed by atoms with Crippen LogP contribution in [0.3, 0.4) is 0 Å². The Balaban J connectivity index is 2.26. The lowest BCUT2D eigenvalue weighted by molar-refractivity contribution is -0.137. The number of H-pyrrole nitrogens is 1. The van der Waals surface area contributed by atoms with Crippen molar-refractivity contribution < 1.29 is 14.7 Å². The summed E-state index contributed by atoms with van der Waals surface area (Å²) in [6.07, 6.45) is 3.01. The van der Waals surface area contributed by atoms with Crippen molar-refractivity contribution in [2.75, 3.05) is 0 Å². The van der Waals surface area contributed by atoms with Gasteiger partial charge in [-0.2, -0.15) is 0 Å². The van der Waals surface area contributed by atoms with Crippen LogP contribution in [0.1, 0.15) is 51.9 Å². The molecule has 128 valence electrons. The predicted molar refractivity (Wildman–Crippen MR) is 94.0 cm³/mol. The normalized spacial score (nSPS) is 23.6. The Morgan fingerprint density at radius 1 is 1.57 bits per heavy atom. The van der Waals surface area contributed by atoms with Crippen LogP contribution in [0.5, 0.6) is 0 Å². The van der Waals surface area contributed by atoms with Gasteiger partial charge in [-0.25, -0.2) is 9.78 Å². The number of carbonyl (C=O) groups is 2. The molecular formula is C15H23IN4O3. The third kappa shape index (κ3) is 3.96. The van der Waals surface area contributed by atoms with Crippen LogP contribution in [0.4, 0.5) is 4.79 Å². The molecule has 0 unspecified atom stereocenters. The Hall–Kier alpha value is -1.32. The highest BCUT2D eigenvalue weighted by molar-refractivity contribution is 14.1. The Labute approximate surface area is 149 Å². The third-order valence-electron chi connectivity index (χ3n) is 4.56. The average molecular weight is 434 g/mol. The minimum absolute atomic E-state index is 0.0659. The van der Waals surface area contributed by atoms with Gasteiger partial charge in [0.05, 0.1) is 15.9 Å². The number of aromatic amines is 1. The molecule has 0 spiro atoms. The Morgan fingerprint density at radius 2 is 2.26 bits per heavy atom. The van der Waals surface area contributed by atoms with Gasteiger partial charge in [-0.05, 0) is 48.3 Å². The van der Waals surface area contributed by atoms with E-state index in [1.807, 2.05) is 20.8 Å². The van der Waals surface area contributed by atoms with Gasteiger partial charge in [0.2, 0.25) is 5.91 Å². The number of halogens is 1. The van der Waals surface area contributed by atoms with Crippen LogP contribution < -0.4 is 5.32 Å². The second-order valence-corrected chi connectivity index (χ2v) is 7.28. The van der Waals surface area contributed by atoms with E-state index in [1.54, 1.807) is 11.1 Å². The van der Waals surface area contributed by atoms with Gasteiger partial charge in [-0.1, -0.05) is 20.3 Å². The zero-order valence-corrected chi connectivity index (χ0v) is 15.7. The number of rotatable bonds is 5. The summed E-state index contributed by atoms with van der Waals surface area (Å²) < 4.78 is 0.923. The number of aromatic nitrogens is 2. The largest absolute Gasteiger partial charge is 0.465 e. The molecule has 1 aromatic heterocycles. The summed E-state index contributed by atoms with van der Waals surface area (Å²) >= 11 is 2.15. The van der Waals surface area contributed by atoms with E-state index in [0.29, 0.717) is 0 Å². The number of likely N-dealkylation sites (tertiary alicyclic amines) is 1. The molecule has 1 saturated heterocycles. The van der Waals surface area contributed by atoms with E-state index in [1.165, 1.54) is 0 Å². The zero-order valence-electron chi connectivity index (χ0n) is 13.5. The lowest BCUT2D eigenvalue weighted by atomic mass is 9.97. The highest BCUT2D eigenvalue weighted by Crippen LogP contribution is 2.35. The monoisotopic (exact) mass is 434 g/mol. The molecule has 1 aliphatic rings. The summed E-state index contributed by atoms with van der Waals surface area (Å²) in [5, 5.41) is 11.5. The number of hydrogen-bond acceptors (Lipinski definition) is 3. The molecule has 0 saturated carbocycles. The molecule has 0 aliphatic carbocycles. The SMILES string of the molecule is CC[C@H](C)[C@H](NC(=O)O)C(=O)N1[C@@H](C)CC[C@H]1c1ncc(I)[nH]1. The van der Waals surface area contributed by atoms with Gasteiger partial charge in [0, 0.05) is 6.04 Å². The van der Waals surface area contributed by atoms with Crippen LogP contribution in [0.15, 0.2) is 6.20 Å². The first-order chi connectivity index (χ1) is 10.8. The van der Waals surface area contributed by atoms with E-state index < -0.39 is 12.1 Å². The van der Waals surface area contributed by atoms with Crippen molar-refractivity contribution in [1.82, 2.24) is 20.2 Å². The molecule has 23 heavy (non-hydrogen) atoms. The second kappa shape index (κ2) is 7.50. The molecule has 1 aromatic rings. The molecule has 0 bridgehead atoms. The molecule has 0 aromatic carbocycles. The van der Waals surface area contributed by atoms with Gasteiger partial charge in [-0.3, -0.25) is 4.79 Å². The van der Waals surface area contributed by atoms with Crippen molar-refractivity contribution in [3.63, 3.8) is 0 Å². The molecule has 4 atom stereocenters. The molecule has 1 fully saturated rings. The van der Waals surface area contributed by atoms with E-state index in [2.05, 4.69) is 37.9 Å². The van der Waals surface area contributed by atoms with Crippen LogP contribution in [0.2, 0.25) is 0 Å². The van der Waals surface area contributed by atoms with Gasteiger partial charge < -0.3 is 20.3 Å². The third-order valence-corrected chi connectivity index (χ3v) is 5.11. The van der Waals surface area contributed by atoms with Gasteiger partial charge in [-0.15, -0.1) is 0 Å². The van der Waals surface area contributed by atoms with Crippen molar-refractivity contribution >= 4 is 34.6 Å². The standard InChI is InChI=1S/C15H23IN4O3/c1-4-8(2)12(19-15(22)23)14(21)20-9(3)5-6-10(20)13-17-7-11(16)18-13/h7-10,12,19H,4-6H2,1-3H3,(H,17,18)(H,22,23)/t8-,9-,10-,12-/m0/s1. The quantitative estimate of drug-likeness (QED) is 0.621. The first-order valence-electron chi connectivity index (χ1n) is 7.87. The number of nitrogens with zero attached hydrogens (tertiary/aromatic N) is 2. The zero-order chi connectivity index (χ0) is 17.1. The first-order valence-corrected chi connectivity index (χ1v) is 8.95. The molecular weight excluding hydrogens is 411 g/mol. The number of nitrogens with one attached hydrogen (secondary N) is 2. The maximum atomic E-state index is 13.0. The molecule has 2 rings (SSSR count). The van der Waals surface area contributed by atoms with E-state index in [4.69, 9.17) is 5.11 Å². The minimum atomic E-state index is -1.17. The number of carbonyl (C=O) groups excluding carboxylic acids is 1. The summed E-state index contributed by atoms with van der Waals surface area (Å²) in [5.41, 5.74) is 0. The van der Waals surface area contributed by atoms with Gasteiger partial charge in [0.15, 0.2) is 0 Å². The molecule has 0 radical (unpaired) electrons. The highest BCUT2D eigenvalue weighted by atomic mass is 127. The maximum Gasteiger partial charge on any atom is 0.405 e. The topological polar surface area (TPSA) is 98.3 Å². The number of amides is 2. The Morgan fingerprint density at radius 3 is 2.78 bits per heavy atom. The summed E-state index contributed by atoms with van der Waals surface area (Å²) in [5.74, 6) is 0.539. The number of carboxylic acid groups (broad SMARTS) is 1. The second-order valence-electron chi connectivity index (χ2n) is 6.12. The molecule has 2 heterocycles. The van der Waals surface area contributed by atoms with Crippen LogP contribution >= 0.6 is 22.6 Å². The van der Waals surface area contributed by atoms with Crippen LogP contribution in [-0.2, 0) is 4.79 Å². The molecule has 8 heteroatoms. The summed E-state index contributed by atoms with van der Waals surface area (Å²) in [6, 6.07) is -0.782. The van der Waals surface area contributed by atoms with E-state index in [9.17, 15) is 9.59 Å². The van der Waals surface area contributed by atoms with Gasteiger partial charge in [0.25, 0.3) is 0 Å². The smallest absolute Gasteiger partial charge is 0.405 e. The van der Waals surface area contributed by atoms with Crippen molar-refractivity contribution in [2.45, 2.75) is 58.2 Å². The molecule has 1 aliphatic heterocycles. The number of hydrogen-bond donors (Lipinski definition) is 3. The lowest BCUT2D eigenvalue weighted by Gasteiger charge is -2.33. The Bertz CT molecular complexity index is 577. The van der Waals surface area contributed by atoms with Crippen LogP contribution in [0.25, 0.3) is 0 Å². The lowest BCUT2D eigenvalue weighted by Crippen LogP contribution is -2.52. The van der Waals surface area contributed by atoms with Crippen molar-refractivity contribution in [2.24, 2.45) is 5.92 Å². The summed E-state index contributed by atoms with van der Waals surface area (Å²) in [7, 11) is 0. The van der Waals surface area contributed by atoms with Crippen LogP contribution in [0, 0.1) is 9.62 Å². The number of imidazole rings is 1. The highest BCUT2D eigenvalue weighted by Gasteiger charge is 2.41. The fourth-order valence-electron chi connectivity index (χ4n) is 3.08. The minimum Gasteiger partial charge on any atom is -0.465 e. The van der Waals surface area contributed by atoms with Crippen molar-refractivity contribution in [1.29, 1.82) is 0 Å². The average Bonchev–Trinajstić information content (AvgIpc) is 3.09. The predicted octanol–water partition coefficient (Wildman–Crippen LogP) is 2.75. The van der Waals surface area contributed by atoms with E-state index in [0.717, 1.165) is 28.8 Å². The van der Waals surface area contributed by atoms with E-state index >= 15 is 0 Å². The van der Waals surface area contributed by atoms with E-state index in [-0.39, 0.29) is 23.9 Å². The molecule has 7 nitrogen and oxygen atoms in total. The first kappa shape index (κ1) is 18.0. The Kier molecular flexibility index (Phi) is 5.88. The fourth-order valence-corrected chi connectivity index (χ4v) is 3.50. The molecule has 3 N–H and O–H groups in total. The summed E-state index contributed by atoms with van der Waals surface area (Å²) in [6.45, 7) is 5.85. The van der Waals surface area contributed by atoms with Crippen molar-refractivity contribution in [3.8, 4) is 0 Å². The van der Waals surface area contributed by atoms with Crippen LogP contribution in [-0.4, -0.2) is 44.1 Å². The van der Waals surface area contributed by atoms with Gasteiger partial charge >= 0.3 is 6.09 Å². The maximum absolute atomic E-state index is 13.0. The molecule has 2 amide bonds. The summed E-state index contributed by atoms with van der Waals surface area (Å²) in [4.78, 5) is 33.5. The van der Waals surface area contributed by atoms with Crippen molar-refractivity contribution in [3.05, 3.63) is 15.7 Å². The van der Waals surface area contributed by atoms with Gasteiger partial charge in [0.1, 0.15) is 11.9 Å².